The molecule has 2 N–H and O–H groups in total. The van der Waals surface area contributed by atoms with E-state index in [9.17, 15) is 4.79 Å². The van der Waals surface area contributed by atoms with Crippen molar-refractivity contribution in [2.45, 2.75) is 18.4 Å². The molecule has 0 bridgehead atoms. The van der Waals surface area contributed by atoms with Gasteiger partial charge in [0.25, 0.3) is 0 Å². The number of hydrogen-bond acceptors (Lipinski definition) is 3. The molecule has 1 aliphatic carbocycles. The number of thioether (sulfide) groups is 1. The summed E-state index contributed by atoms with van der Waals surface area (Å²) in [5.41, 5.74) is 2.84. The van der Waals surface area contributed by atoms with Crippen LogP contribution in [0.2, 0.25) is 0 Å². The minimum atomic E-state index is -0.000861. The van der Waals surface area contributed by atoms with E-state index in [0.717, 1.165) is 31.0 Å². The Morgan fingerprint density at radius 3 is 3.11 bits per heavy atom. The molecule has 1 saturated heterocycles. The number of nitrogens with one attached hydrogen (secondary N) is 2. The van der Waals surface area contributed by atoms with Crippen LogP contribution in [0.4, 0.5) is 0 Å². The van der Waals surface area contributed by atoms with Gasteiger partial charge in [-0.3, -0.25) is 4.79 Å². The molecule has 1 aliphatic heterocycles. The quantitative estimate of drug-likeness (QED) is 0.858. The zero-order valence-electron chi connectivity index (χ0n) is 10.3. The third-order valence-corrected chi connectivity index (χ3v) is 4.78. The Hall–Kier alpha value is -1.00. The van der Waals surface area contributed by atoms with Crippen LogP contribution >= 0.6 is 11.8 Å². The number of hydrogen-bond donors (Lipinski definition) is 2. The van der Waals surface area contributed by atoms with Gasteiger partial charge in [-0.1, -0.05) is 24.3 Å². The predicted octanol–water partition coefficient (Wildman–Crippen LogP) is 1.15. The summed E-state index contributed by atoms with van der Waals surface area (Å²) in [5.74, 6) is 2.68. The normalized spacial score (nSPS) is 26.0. The zero-order valence-corrected chi connectivity index (χ0v) is 11.1. The van der Waals surface area contributed by atoms with Crippen molar-refractivity contribution in [1.82, 2.24) is 10.6 Å². The summed E-state index contributed by atoms with van der Waals surface area (Å²) in [7, 11) is 0. The summed E-state index contributed by atoms with van der Waals surface area (Å²) >= 11 is 1.85. The fourth-order valence-electron chi connectivity index (χ4n) is 2.63. The van der Waals surface area contributed by atoms with Crippen LogP contribution in [0.15, 0.2) is 24.3 Å². The van der Waals surface area contributed by atoms with Gasteiger partial charge in [0.1, 0.15) is 0 Å². The second-order valence-electron chi connectivity index (χ2n) is 4.93. The minimum absolute atomic E-state index is 0.000861. The molecule has 3 rings (SSSR count). The Labute approximate surface area is 112 Å². The van der Waals surface area contributed by atoms with Crippen molar-refractivity contribution in [3.63, 3.8) is 0 Å². The SMILES string of the molecule is O=C(NCC1Cc2ccccc21)C1CSCCN1. The van der Waals surface area contributed by atoms with Gasteiger partial charge in [-0.05, 0) is 17.5 Å². The third-order valence-electron chi connectivity index (χ3n) is 3.72. The number of fused-ring (bicyclic) bond motifs is 1. The monoisotopic (exact) mass is 262 g/mol. The lowest BCUT2D eigenvalue weighted by molar-refractivity contribution is -0.122. The zero-order chi connectivity index (χ0) is 12.4. The average Bonchev–Trinajstić information content (AvgIpc) is 2.40. The Kier molecular flexibility index (Phi) is 3.57. The average molecular weight is 262 g/mol. The minimum Gasteiger partial charge on any atom is -0.354 e. The molecule has 2 unspecified atom stereocenters. The van der Waals surface area contributed by atoms with Crippen LogP contribution < -0.4 is 10.6 Å². The molecule has 0 saturated carbocycles. The van der Waals surface area contributed by atoms with Crippen molar-refractivity contribution < 1.29 is 4.79 Å². The van der Waals surface area contributed by atoms with Crippen molar-refractivity contribution in [2.24, 2.45) is 0 Å². The highest BCUT2D eigenvalue weighted by Crippen LogP contribution is 2.33. The van der Waals surface area contributed by atoms with Gasteiger partial charge in [0.05, 0.1) is 6.04 Å². The first-order valence-electron chi connectivity index (χ1n) is 6.51. The molecule has 2 atom stereocenters. The molecule has 1 fully saturated rings. The van der Waals surface area contributed by atoms with E-state index in [-0.39, 0.29) is 11.9 Å². The summed E-state index contributed by atoms with van der Waals surface area (Å²) in [6.07, 6.45) is 1.10. The second kappa shape index (κ2) is 5.33. The fraction of sp³-hybridized carbons (Fsp3) is 0.500. The molecule has 2 aliphatic rings. The van der Waals surface area contributed by atoms with Crippen molar-refractivity contribution in [3.8, 4) is 0 Å². The first kappa shape index (κ1) is 12.1. The molecule has 0 aromatic heterocycles. The topological polar surface area (TPSA) is 41.1 Å². The molecule has 1 amide bonds. The first-order valence-corrected chi connectivity index (χ1v) is 7.66. The molecule has 18 heavy (non-hydrogen) atoms. The van der Waals surface area contributed by atoms with Crippen LogP contribution in [0.3, 0.4) is 0 Å². The molecule has 1 aromatic carbocycles. The lowest BCUT2D eigenvalue weighted by atomic mass is 9.77. The Morgan fingerprint density at radius 2 is 2.33 bits per heavy atom. The van der Waals surface area contributed by atoms with Gasteiger partial charge in [0, 0.05) is 30.5 Å². The molecular formula is C14H18N2OS. The van der Waals surface area contributed by atoms with Gasteiger partial charge in [0.15, 0.2) is 0 Å². The Balaban J connectivity index is 1.49. The highest BCUT2D eigenvalue weighted by Gasteiger charge is 2.27. The molecule has 1 heterocycles. The van der Waals surface area contributed by atoms with Gasteiger partial charge < -0.3 is 10.6 Å². The summed E-state index contributed by atoms with van der Waals surface area (Å²) in [4.78, 5) is 12.0. The highest BCUT2D eigenvalue weighted by molar-refractivity contribution is 7.99. The van der Waals surface area contributed by atoms with E-state index >= 15 is 0 Å². The second-order valence-corrected chi connectivity index (χ2v) is 6.08. The van der Waals surface area contributed by atoms with Crippen LogP contribution in [-0.4, -0.2) is 36.5 Å². The van der Waals surface area contributed by atoms with Crippen LogP contribution in [0.1, 0.15) is 17.0 Å². The van der Waals surface area contributed by atoms with E-state index in [1.165, 1.54) is 11.1 Å². The van der Waals surface area contributed by atoms with E-state index < -0.39 is 0 Å². The highest BCUT2D eigenvalue weighted by atomic mass is 32.2. The van der Waals surface area contributed by atoms with Crippen molar-refractivity contribution >= 4 is 17.7 Å². The standard InChI is InChI=1S/C14H18N2OS/c17-14(13-9-18-6-5-15-13)16-8-11-7-10-3-1-2-4-12(10)11/h1-4,11,13,15H,5-9H2,(H,16,17). The smallest absolute Gasteiger partial charge is 0.238 e. The van der Waals surface area contributed by atoms with E-state index in [0.29, 0.717) is 5.92 Å². The van der Waals surface area contributed by atoms with Crippen LogP contribution in [0.5, 0.6) is 0 Å². The summed E-state index contributed by atoms with van der Waals surface area (Å²) < 4.78 is 0. The van der Waals surface area contributed by atoms with Crippen molar-refractivity contribution in [1.29, 1.82) is 0 Å². The maximum atomic E-state index is 12.0. The number of carbonyl (C=O) groups is 1. The van der Waals surface area contributed by atoms with Crippen LogP contribution in [0.25, 0.3) is 0 Å². The predicted molar refractivity (Wildman–Crippen MR) is 75.0 cm³/mol. The molecule has 96 valence electrons. The first-order chi connectivity index (χ1) is 8.84. The maximum Gasteiger partial charge on any atom is 0.238 e. The van der Waals surface area contributed by atoms with Crippen LogP contribution in [0, 0.1) is 0 Å². The van der Waals surface area contributed by atoms with Crippen molar-refractivity contribution in [3.05, 3.63) is 35.4 Å². The Morgan fingerprint density at radius 1 is 1.44 bits per heavy atom. The number of amides is 1. The molecular weight excluding hydrogens is 244 g/mol. The molecule has 0 spiro atoms. The van der Waals surface area contributed by atoms with E-state index in [1.807, 2.05) is 11.8 Å². The summed E-state index contributed by atoms with van der Waals surface area (Å²) in [6, 6.07) is 8.50. The maximum absolute atomic E-state index is 12.0. The van der Waals surface area contributed by atoms with Gasteiger partial charge in [-0.2, -0.15) is 11.8 Å². The molecule has 4 heteroatoms. The Bertz CT molecular complexity index is 443. The van der Waals surface area contributed by atoms with Crippen molar-refractivity contribution in [2.75, 3.05) is 24.6 Å². The molecule has 0 radical (unpaired) electrons. The fourth-order valence-corrected chi connectivity index (χ4v) is 3.56. The lowest BCUT2D eigenvalue weighted by Gasteiger charge is -2.31. The lowest BCUT2D eigenvalue weighted by Crippen LogP contribution is -2.50. The van der Waals surface area contributed by atoms with Gasteiger partial charge in [0.2, 0.25) is 5.91 Å². The molecule has 1 aromatic rings. The van der Waals surface area contributed by atoms with E-state index in [2.05, 4.69) is 34.9 Å². The molecule has 3 nitrogen and oxygen atoms in total. The van der Waals surface area contributed by atoms with Gasteiger partial charge in [-0.25, -0.2) is 0 Å². The summed E-state index contributed by atoms with van der Waals surface area (Å²) in [6.45, 7) is 1.72. The van der Waals surface area contributed by atoms with Gasteiger partial charge >= 0.3 is 0 Å². The largest absolute Gasteiger partial charge is 0.354 e. The third kappa shape index (κ3) is 2.40. The van der Waals surface area contributed by atoms with E-state index in [4.69, 9.17) is 0 Å². The summed E-state index contributed by atoms with van der Waals surface area (Å²) in [5, 5.41) is 6.35. The number of carbonyl (C=O) groups excluding carboxylic acids is 1. The number of rotatable bonds is 3. The van der Waals surface area contributed by atoms with Gasteiger partial charge in [-0.15, -0.1) is 0 Å². The van der Waals surface area contributed by atoms with E-state index in [1.54, 1.807) is 0 Å². The van der Waals surface area contributed by atoms with Crippen LogP contribution in [-0.2, 0) is 11.2 Å². The number of benzene rings is 1.